The van der Waals surface area contributed by atoms with Gasteiger partial charge in [0.2, 0.25) is 0 Å². The van der Waals surface area contributed by atoms with E-state index in [0.29, 0.717) is 7.25 Å². The molecule has 2 unspecified atom stereocenters. The van der Waals surface area contributed by atoms with Crippen molar-refractivity contribution in [2.45, 2.75) is 112 Å². The maximum atomic E-state index is 2.73. The zero-order valence-corrected chi connectivity index (χ0v) is 34.5. The predicted molar refractivity (Wildman–Crippen MR) is 208 cm³/mol. The van der Waals surface area contributed by atoms with Gasteiger partial charge in [-0.2, -0.15) is 0 Å². The number of hydrogen-bond acceptors (Lipinski definition) is 0. The maximum absolute atomic E-state index is 2.73. The van der Waals surface area contributed by atoms with Crippen LogP contribution in [0.5, 0.6) is 0 Å². The van der Waals surface area contributed by atoms with Crippen molar-refractivity contribution in [2.24, 2.45) is 0 Å². The summed E-state index contributed by atoms with van der Waals surface area (Å²) in [7, 11) is -2.18. The van der Waals surface area contributed by atoms with Crippen LogP contribution in [0.15, 0.2) is 96.1 Å². The van der Waals surface area contributed by atoms with Crippen molar-refractivity contribution >= 4 is 18.5 Å². The van der Waals surface area contributed by atoms with Crippen LogP contribution in [-0.4, -0.2) is 8.07 Å². The topological polar surface area (TPSA) is 0 Å². The first-order valence-electron chi connectivity index (χ1n) is 18.5. The summed E-state index contributed by atoms with van der Waals surface area (Å²) in [6.07, 6.45) is 4.95. The van der Waals surface area contributed by atoms with Gasteiger partial charge in [-0.25, -0.2) is 0 Å². The first-order valence-corrected chi connectivity index (χ1v) is 24.3. The average molecular weight is 726 g/mol. The van der Waals surface area contributed by atoms with Gasteiger partial charge in [-0.1, -0.05) is 0 Å². The molecule has 2 heteroatoms. The van der Waals surface area contributed by atoms with E-state index in [2.05, 4.69) is 153 Å². The third-order valence-corrected chi connectivity index (χ3v) is 19.9. The second kappa shape index (κ2) is 12.3. The van der Waals surface area contributed by atoms with E-state index in [9.17, 15) is 0 Å². The van der Waals surface area contributed by atoms with E-state index in [4.69, 9.17) is 0 Å². The Kier molecular flexibility index (Phi) is 8.73. The minimum absolute atomic E-state index is 0.154. The average Bonchev–Trinajstić information content (AvgIpc) is 3.55. The summed E-state index contributed by atoms with van der Waals surface area (Å²) in [4.78, 5) is 0. The molecule has 7 rings (SSSR count). The van der Waals surface area contributed by atoms with Gasteiger partial charge in [0.05, 0.1) is 0 Å². The van der Waals surface area contributed by atoms with Crippen molar-refractivity contribution in [3.63, 3.8) is 0 Å². The normalized spacial score (nSPS) is 19.5. The number of benzene rings is 4. The van der Waals surface area contributed by atoms with Crippen LogP contribution in [0.4, 0.5) is 0 Å². The monoisotopic (exact) mass is 724 g/mol. The van der Waals surface area contributed by atoms with Crippen molar-refractivity contribution in [3.8, 4) is 22.3 Å². The molecular weight excluding hydrogens is 672 g/mol. The van der Waals surface area contributed by atoms with E-state index in [1.54, 1.807) is 32.6 Å². The molecule has 0 amide bonds. The molecule has 0 saturated carbocycles. The first-order chi connectivity index (χ1) is 22.8. The van der Waals surface area contributed by atoms with Gasteiger partial charge >= 0.3 is 306 Å². The summed E-state index contributed by atoms with van der Waals surface area (Å²) in [6.45, 7) is 24.2. The van der Waals surface area contributed by atoms with Crippen LogP contribution in [0.3, 0.4) is 0 Å². The summed E-state index contributed by atoms with van der Waals surface area (Å²) >= 11 is -0.970. The molecule has 1 aliphatic heterocycles. The summed E-state index contributed by atoms with van der Waals surface area (Å²) in [6, 6.07) is 33.9. The number of fused-ring (bicyclic) bond motifs is 8. The fourth-order valence-corrected chi connectivity index (χ4v) is 19.3. The Morgan fingerprint density at radius 1 is 0.542 bits per heavy atom. The van der Waals surface area contributed by atoms with E-state index in [1.165, 1.54) is 59.1 Å². The third-order valence-electron chi connectivity index (χ3n) is 11.4. The Morgan fingerprint density at radius 2 is 0.917 bits per heavy atom. The molecule has 0 aromatic heterocycles. The summed E-state index contributed by atoms with van der Waals surface area (Å²) in [5, 5.41) is 3.60. The van der Waals surface area contributed by atoms with Crippen LogP contribution < -0.4 is 0 Å². The Balaban J connectivity index is 1.46. The van der Waals surface area contributed by atoms with Gasteiger partial charge in [0, 0.05) is 0 Å². The molecule has 0 N–H and O–H groups in total. The van der Waals surface area contributed by atoms with Crippen LogP contribution in [0.1, 0.15) is 122 Å². The standard InChI is InChI=1S/C46H54Si.Zr/c1-11-15-35-29-33-17-13-19-39(31-21-25-37(26-22-31)45(3,4)5)41(33)43(35)47(9,10)44-36(16-12-2)30-34-18-14-20-40(42(34)44)32-23-27-38(28-24-32)46(6,7)8;/h13-14,17-30H,11-12,15-16H2,1-10H3;. The second-order valence-electron chi connectivity index (χ2n) is 17.2. The molecule has 2 atom stereocenters. The van der Waals surface area contributed by atoms with Gasteiger partial charge in [-0.3, -0.25) is 0 Å². The van der Waals surface area contributed by atoms with Crippen molar-refractivity contribution in [2.75, 3.05) is 0 Å². The summed E-state index contributed by atoms with van der Waals surface area (Å²) in [5.74, 6) is 0. The van der Waals surface area contributed by atoms with Crippen molar-refractivity contribution in [1.29, 1.82) is 0 Å². The van der Waals surface area contributed by atoms with Crippen molar-refractivity contribution in [1.82, 2.24) is 0 Å². The molecule has 0 nitrogen and oxygen atoms in total. The molecule has 2 aliphatic carbocycles. The molecule has 4 aromatic carbocycles. The van der Waals surface area contributed by atoms with Crippen molar-refractivity contribution in [3.05, 3.63) is 129 Å². The van der Waals surface area contributed by atoms with E-state index in [1.807, 2.05) is 11.1 Å². The molecule has 0 saturated heterocycles. The zero-order valence-electron chi connectivity index (χ0n) is 31.1. The number of hydrogen-bond donors (Lipinski definition) is 0. The van der Waals surface area contributed by atoms with Gasteiger partial charge in [0.15, 0.2) is 0 Å². The third kappa shape index (κ3) is 5.49. The minimum atomic E-state index is -2.18. The molecular formula is C46H54SiZr. The van der Waals surface area contributed by atoms with Gasteiger partial charge in [0.25, 0.3) is 0 Å². The van der Waals surface area contributed by atoms with Gasteiger partial charge in [-0.15, -0.1) is 0 Å². The fraction of sp³-hybridized carbons (Fsp3) is 0.391. The van der Waals surface area contributed by atoms with Crippen LogP contribution in [-0.2, 0) is 34.1 Å². The SMILES string of the molecule is CCCC1=C2c3c(-c4ccc(C(C)(C)C)cc4)cccc3[CH]1[Zr][CH]1C(CCC)=C(c3c(-c4ccc(C(C)(C)C)cc4)cccc31)[Si]2(C)C. The Bertz CT molecular complexity index is 1800. The van der Waals surface area contributed by atoms with Gasteiger partial charge in [-0.05, 0) is 0 Å². The quantitative estimate of drug-likeness (QED) is 0.174. The molecule has 246 valence electrons. The van der Waals surface area contributed by atoms with Crippen LogP contribution >= 0.6 is 0 Å². The van der Waals surface area contributed by atoms with E-state index < -0.39 is 31.3 Å². The van der Waals surface area contributed by atoms with E-state index >= 15 is 0 Å². The van der Waals surface area contributed by atoms with Gasteiger partial charge in [0.1, 0.15) is 0 Å². The molecule has 4 bridgehead atoms. The zero-order chi connectivity index (χ0) is 34.2. The van der Waals surface area contributed by atoms with E-state index in [-0.39, 0.29) is 10.8 Å². The van der Waals surface area contributed by atoms with E-state index in [0.717, 1.165) is 0 Å². The molecule has 1 heterocycles. The number of rotatable bonds is 6. The Labute approximate surface area is 303 Å². The molecule has 0 spiro atoms. The fourth-order valence-electron chi connectivity index (χ4n) is 9.12. The van der Waals surface area contributed by atoms with Crippen LogP contribution in [0.2, 0.25) is 13.1 Å². The molecule has 0 radical (unpaired) electrons. The Morgan fingerprint density at radius 3 is 1.25 bits per heavy atom. The summed E-state index contributed by atoms with van der Waals surface area (Å²) < 4.78 is 1.33. The van der Waals surface area contributed by atoms with Crippen molar-refractivity contribution < 1.29 is 23.2 Å². The molecule has 48 heavy (non-hydrogen) atoms. The number of allylic oxidation sites excluding steroid dienone is 2. The van der Waals surface area contributed by atoms with Crippen LogP contribution in [0.25, 0.3) is 32.6 Å². The first kappa shape index (κ1) is 33.9. The second-order valence-corrected chi connectivity index (χ2v) is 25.1. The summed E-state index contributed by atoms with van der Waals surface area (Å²) in [5.41, 5.74) is 19.2. The molecule has 0 fully saturated rings. The van der Waals surface area contributed by atoms with Gasteiger partial charge < -0.3 is 0 Å². The predicted octanol–water partition coefficient (Wildman–Crippen LogP) is 13.4. The molecule has 4 aromatic rings. The van der Waals surface area contributed by atoms with Crippen LogP contribution in [0, 0.1) is 0 Å². The molecule has 3 aliphatic rings. The Hall–Kier alpha value is -2.54.